The smallest absolute Gasteiger partial charge is 0.0742 e. The molecule has 0 amide bonds. The molecular weight excluding hydrogens is 510 g/mol. The fourth-order valence-corrected chi connectivity index (χ4v) is 6.78. The van der Waals surface area contributed by atoms with Gasteiger partial charge in [-0.15, -0.1) is 0 Å². The molecule has 0 aliphatic heterocycles. The molecule has 0 spiro atoms. The van der Waals surface area contributed by atoms with Gasteiger partial charge in [0.25, 0.3) is 0 Å². The average molecular weight is 552 g/mol. The van der Waals surface area contributed by atoms with Crippen molar-refractivity contribution in [2.75, 3.05) is 0 Å². The summed E-state index contributed by atoms with van der Waals surface area (Å²) in [6.07, 6.45) is 7.59. The molecule has 6 aromatic rings. The predicted octanol–water partition coefficient (Wildman–Crippen LogP) is 9.67. The Hall–Kier alpha value is -4.11. The third-order valence-corrected chi connectivity index (χ3v) is 8.89. The third kappa shape index (κ3) is 5.06. The Labute approximate surface area is 250 Å². The van der Waals surface area contributed by atoms with Gasteiger partial charge in [0.2, 0.25) is 0 Å². The van der Waals surface area contributed by atoms with Crippen molar-refractivity contribution in [1.82, 2.24) is 15.0 Å². The Morgan fingerprint density at radius 1 is 0.452 bits per heavy atom. The summed E-state index contributed by atoms with van der Waals surface area (Å²) in [5.41, 5.74) is 9.66. The molecule has 3 heterocycles. The molecule has 0 atom stereocenters. The Kier molecular flexibility index (Phi) is 6.88. The molecule has 42 heavy (non-hydrogen) atoms. The third-order valence-electron chi connectivity index (χ3n) is 8.89. The molecule has 0 saturated carbocycles. The average Bonchev–Trinajstić information content (AvgIpc) is 2.96. The van der Waals surface area contributed by atoms with Crippen molar-refractivity contribution >= 4 is 32.7 Å². The molecule has 6 rings (SSSR count). The summed E-state index contributed by atoms with van der Waals surface area (Å²) in [7, 11) is 0. The lowest BCUT2D eigenvalue weighted by atomic mass is 9.74. The summed E-state index contributed by atoms with van der Waals surface area (Å²) >= 11 is 0. The minimum Gasteiger partial charge on any atom is -0.256 e. The molecule has 0 N–H and O–H groups in total. The summed E-state index contributed by atoms with van der Waals surface area (Å²) in [5.74, 6) is 0. The van der Waals surface area contributed by atoms with Crippen LogP contribution in [-0.2, 0) is 29.1 Å². The number of nitrogens with zero attached hydrogens (tertiary/aromatic N) is 3. The van der Waals surface area contributed by atoms with E-state index >= 15 is 0 Å². The fourth-order valence-electron chi connectivity index (χ4n) is 6.78. The number of hydrogen-bond donors (Lipinski definition) is 0. The highest BCUT2D eigenvalue weighted by Gasteiger charge is 2.29. The Balaban J connectivity index is 1.40. The van der Waals surface area contributed by atoms with Gasteiger partial charge >= 0.3 is 0 Å². The summed E-state index contributed by atoms with van der Waals surface area (Å²) in [6.45, 7) is 16.2. The molecule has 3 heteroatoms. The molecule has 0 fully saturated rings. The zero-order chi connectivity index (χ0) is 29.7. The molecule has 0 unspecified atom stereocenters. The van der Waals surface area contributed by atoms with E-state index in [-0.39, 0.29) is 16.2 Å². The highest BCUT2D eigenvalue weighted by molar-refractivity contribution is 5.88. The first-order valence-electron chi connectivity index (χ1n) is 15.0. The van der Waals surface area contributed by atoms with Crippen LogP contribution in [-0.4, -0.2) is 15.0 Å². The van der Waals surface area contributed by atoms with Crippen LogP contribution in [0.5, 0.6) is 0 Å². The van der Waals surface area contributed by atoms with Gasteiger partial charge in [0, 0.05) is 34.7 Å². The van der Waals surface area contributed by atoms with Gasteiger partial charge in [0.1, 0.15) is 0 Å². The predicted molar refractivity (Wildman–Crippen MR) is 177 cm³/mol. The van der Waals surface area contributed by atoms with Crippen molar-refractivity contribution in [2.24, 2.45) is 0 Å². The van der Waals surface area contributed by atoms with Crippen LogP contribution in [0, 0.1) is 0 Å². The summed E-state index contributed by atoms with van der Waals surface area (Å²) in [6, 6.07) is 28.5. The Morgan fingerprint density at radius 2 is 1.02 bits per heavy atom. The lowest BCUT2D eigenvalue weighted by Gasteiger charge is -2.30. The maximum Gasteiger partial charge on any atom is 0.0742 e. The van der Waals surface area contributed by atoms with Crippen molar-refractivity contribution in [3.63, 3.8) is 0 Å². The van der Waals surface area contributed by atoms with Crippen molar-refractivity contribution in [3.05, 3.63) is 125 Å². The minimum absolute atomic E-state index is 0.0364. The van der Waals surface area contributed by atoms with E-state index in [1.807, 2.05) is 18.6 Å². The zero-order valence-corrected chi connectivity index (χ0v) is 26.0. The van der Waals surface area contributed by atoms with Crippen molar-refractivity contribution in [3.8, 4) is 0 Å². The molecule has 212 valence electrons. The van der Waals surface area contributed by atoms with Crippen molar-refractivity contribution in [2.45, 2.75) is 77.6 Å². The lowest BCUT2D eigenvalue weighted by molar-refractivity contribution is 0.523. The van der Waals surface area contributed by atoms with Crippen LogP contribution in [0.2, 0.25) is 0 Å². The van der Waals surface area contributed by atoms with Crippen LogP contribution in [0.3, 0.4) is 0 Å². The number of para-hydroxylation sites is 1. The first kappa shape index (κ1) is 28.0. The molecular formula is C39H41N3. The molecule has 3 aromatic heterocycles. The normalized spacial score (nSPS) is 12.8. The SMILES string of the molecule is CC(C)(C)c1ccc(CC(C)(C)c2ccc(CC(C)(C)c3ccnc4ccccc34)c3ncccc23)c2cccnc12. The molecule has 0 saturated heterocycles. The number of fused-ring (bicyclic) bond motifs is 3. The van der Waals surface area contributed by atoms with Gasteiger partial charge in [0.05, 0.1) is 16.6 Å². The van der Waals surface area contributed by atoms with Gasteiger partial charge in [-0.25, -0.2) is 0 Å². The second-order valence-corrected chi connectivity index (χ2v) is 14.1. The second kappa shape index (κ2) is 10.3. The van der Waals surface area contributed by atoms with Gasteiger partial charge in [-0.3, -0.25) is 15.0 Å². The van der Waals surface area contributed by atoms with E-state index in [9.17, 15) is 0 Å². The van der Waals surface area contributed by atoms with Crippen LogP contribution in [0.4, 0.5) is 0 Å². The maximum absolute atomic E-state index is 4.97. The zero-order valence-electron chi connectivity index (χ0n) is 26.0. The van der Waals surface area contributed by atoms with E-state index in [0.29, 0.717) is 0 Å². The van der Waals surface area contributed by atoms with Gasteiger partial charge in [0.15, 0.2) is 0 Å². The van der Waals surface area contributed by atoms with E-state index < -0.39 is 0 Å². The number of pyridine rings is 3. The van der Waals surface area contributed by atoms with Gasteiger partial charge in [-0.2, -0.15) is 0 Å². The minimum atomic E-state index is -0.108. The summed E-state index contributed by atoms with van der Waals surface area (Å²) in [4.78, 5) is 14.4. The Morgan fingerprint density at radius 3 is 1.76 bits per heavy atom. The molecule has 0 aliphatic rings. The number of rotatable bonds is 6. The lowest BCUT2D eigenvalue weighted by Crippen LogP contribution is -2.23. The van der Waals surface area contributed by atoms with Crippen LogP contribution < -0.4 is 0 Å². The van der Waals surface area contributed by atoms with E-state index in [1.165, 1.54) is 44.0 Å². The molecule has 0 aliphatic carbocycles. The second-order valence-electron chi connectivity index (χ2n) is 14.1. The first-order chi connectivity index (χ1) is 20.0. The summed E-state index contributed by atoms with van der Waals surface area (Å²) in [5, 5.41) is 3.71. The van der Waals surface area contributed by atoms with Gasteiger partial charge in [-0.05, 0) is 81.2 Å². The van der Waals surface area contributed by atoms with Crippen LogP contribution in [0.15, 0.2) is 97.5 Å². The standard InChI is InChI=1S/C39H41N3/c1-37(2,3)33-19-16-26(28-13-10-22-42-36(28)33)24-38(4,5)31-18-17-27(35-30(31)14-11-21-41-35)25-39(6,7)32-20-23-40-34-15-9-8-12-29(32)34/h8-23H,24-25H2,1-7H3. The van der Waals surface area contributed by atoms with E-state index in [0.717, 1.165) is 29.4 Å². The molecule has 0 bridgehead atoms. The maximum atomic E-state index is 4.97. The van der Waals surface area contributed by atoms with E-state index in [1.54, 1.807) is 0 Å². The van der Waals surface area contributed by atoms with Crippen LogP contribution in [0.25, 0.3) is 32.7 Å². The molecule has 3 nitrogen and oxygen atoms in total. The highest BCUT2D eigenvalue weighted by Crippen LogP contribution is 2.39. The molecule has 3 aromatic carbocycles. The monoisotopic (exact) mass is 551 g/mol. The Bertz CT molecular complexity index is 1920. The van der Waals surface area contributed by atoms with Gasteiger partial charge < -0.3 is 0 Å². The van der Waals surface area contributed by atoms with E-state index in [2.05, 4.69) is 132 Å². The number of hydrogen-bond acceptors (Lipinski definition) is 3. The highest BCUT2D eigenvalue weighted by atomic mass is 14.7. The molecule has 0 radical (unpaired) electrons. The van der Waals surface area contributed by atoms with Gasteiger partial charge in [-0.1, -0.05) is 103 Å². The largest absolute Gasteiger partial charge is 0.256 e. The number of benzene rings is 3. The number of aromatic nitrogens is 3. The van der Waals surface area contributed by atoms with Crippen LogP contribution >= 0.6 is 0 Å². The quantitative estimate of drug-likeness (QED) is 0.207. The van der Waals surface area contributed by atoms with Crippen molar-refractivity contribution < 1.29 is 0 Å². The fraction of sp³-hybridized carbons (Fsp3) is 0.308. The first-order valence-corrected chi connectivity index (χ1v) is 15.0. The van der Waals surface area contributed by atoms with Crippen molar-refractivity contribution in [1.29, 1.82) is 0 Å². The van der Waals surface area contributed by atoms with Crippen LogP contribution in [0.1, 0.15) is 76.3 Å². The topological polar surface area (TPSA) is 38.7 Å². The van der Waals surface area contributed by atoms with E-state index in [4.69, 9.17) is 9.97 Å². The summed E-state index contributed by atoms with van der Waals surface area (Å²) < 4.78 is 0.